The molecule has 0 aliphatic heterocycles. The van der Waals surface area contributed by atoms with E-state index < -0.39 is 14.6 Å². The third-order valence-electron chi connectivity index (χ3n) is 3.50. The average molecular weight is 330 g/mol. The highest BCUT2D eigenvalue weighted by Gasteiger charge is 2.30. The summed E-state index contributed by atoms with van der Waals surface area (Å²) in [7, 11) is -3.18. The van der Waals surface area contributed by atoms with E-state index in [1.54, 1.807) is 13.8 Å². The fraction of sp³-hybridized carbons (Fsp3) is 0.533. The number of carbonyl (C=O) groups is 1. The lowest BCUT2D eigenvalue weighted by molar-refractivity contribution is -0.116. The molecule has 0 bridgehead atoms. The molecule has 7 heteroatoms. The minimum Gasteiger partial charge on any atom is -0.326 e. The maximum atomic E-state index is 12.8. The molecular formula is C15H23FN2O3S. The van der Waals surface area contributed by atoms with Gasteiger partial charge in [-0.15, -0.1) is 0 Å². The molecule has 0 spiro atoms. The molecule has 1 rings (SSSR count). The van der Waals surface area contributed by atoms with Gasteiger partial charge in [0.05, 0.1) is 4.75 Å². The number of amides is 1. The zero-order chi connectivity index (χ0) is 17.0. The second-order valence-corrected chi connectivity index (χ2v) is 8.72. The van der Waals surface area contributed by atoms with E-state index in [1.807, 2.05) is 6.92 Å². The van der Waals surface area contributed by atoms with Crippen LogP contribution in [0.15, 0.2) is 24.3 Å². The van der Waals surface area contributed by atoms with Crippen molar-refractivity contribution in [1.29, 1.82) is 0 Å². The molecule has 0 aliphatic carbocycles. The van der Waals surface area contributed by atoms with Crippen molar-refractivity contribution < 1.29 is 17.6 Å². The number of rotatable bonds is 7. The van der Waals surface area contributed by atoms with Gasteiger partial charge in [-0.05, 0) is 45.0 Å². The van der Waals surface area contributed by atoms with Gasteiger partial charge in [0.15, 0.2) is 9.84 Å². The summed E-state index contributed by atoms with van der Waals surface area (Å²) < 4.78 is 35.1. The number of hydrogen-bond acceptors (Lipinski definition) is 4. The number of nitrogens with one attached hydrogen (secondary N) is 2. The zero-order valence-electron chi connectivity index (χ0n) is 13.3. The molecule has 1 aromatic carbocycles. The molecular weight excluding hydrogens is 307 g/mol. The molecule has 1 aromatic rings. The number of sulfone groups is 1. The summed E-state index contributed by atoms with van der Waals surface area (Å²) in [4.78, 5) is 11.9. The lowest BCUT2D eigenvalue weighted by atomic mass is 10.1. The number of halogens is 1. The highest BCUT2D eigenvalue weighted by molar-refractivity contribution is 7.92. The van der Waals surface area contributed by atoms with E-state index in [-0.39, 0.29) is 30.7 Å². The van der Waals surface area contributed by atoms with E-state index in [0.29, 0.717) is 5.69 Å². The van der Waals surface area contributed by atoms with Crippen molar-refractivity contribution in [3.8, 4) is 0 Å². The van der Waals surface area contributed by atoms with Crippen molar-refractivity contribution in [1.82, 2.24) is 5.32 Å². The molecule has 0 unspecified atom stereocenters. The zero-order valence-corrected chi connectivity index (χ0v) is 14.1. The van der Waals surface area contributed by atoms with E-state index >= 15 is 0 Å². The molecule has 124 valence electrons. The SMILES string of the molecule is C[C@@H](CC(=O)Nc1ccc(F)cc1)NCC(C)(C)S(C)(=O)=O. The number of carbonyl (C=O) groups excluding carboxylic acids is 1. The molecule has 1 atom stereocenters. The first-order chi connectivity index (χ1) is 10.0. The highest BCUT2D eigenvalue weighted by atomic mass is 32.2. The van der Waals surface area contributed by atoms with Crippen molar-refractivity contribution in [3.63, 3.8) is 0 Å². The van der Waals surface area contributed by atoms with Gasteiger partial charge in [0.2, 0.25) is 5.91 Å². The Morgan fingerprint density at radius 1 is 1.27 bits per heavy atom. The first kappa shape index (κ1) is 18.6. The summed E-state index contributed by atoms with van der Waals surface area (Å²) in [6.07, 6.45) is 1.39. The third-order valence-corrected chi connectivity index (χ3v) is 5.65. The van der Waals surface area contributed by atoms with Crippen LogP contribution in [0.25, 0.3) is 0 Å². The first-order valence-electron chi connectivity index (χ1n) is 7.00. The van der Waals surface area contributed by atoms with Crippen LogP contribution in [0.1, 0.15) is 27.2 Å². The van der Waals surface area contributed by atoms with Gasteiger partial charge >= 0.3 is 0 Å². The topological polar surface area (TPSA) is 75.3 Å². The lowest BCUT2D eigenvalue weighted by Gasteiger charge is -2.25. The van der Waals surface area contributed by atoms with Gasteiger partial charge < -0.3 is 10.6 Å². The Balaban J connectivity index is 2.46. The summed E-state index contributed by atoms with van der Waals surface area (Å²) in [5.74, 6) is -0.584. The van der Waals surface area contributed by atoms with Crippen molar-refractivity contribution in [2.75, 3.05) is 18.1 Å². The fourth-order valence-corrected chi connectivity index (χ4v) is 1.99. The van der Waals surface area contributed by atoms with Crippen LogP contribution in [0.2, 0.25) is 0 Å². The van der Waals surface area contributed by atoms with Crippen LogP contribution in [0, 0.1) is 5.82 Å². The minimum atomic E-state index is -3.18. The fourth-order valence-electron chi connectivity index (χ4n) is 1.65. The van der Waals surface area contributed by atoms with Crippen LogP contribution < -0.4 is 10.6 Å². The molecule has 1 amide bonds. The molecule has 0 saturated heterocycles. The van der Waals surface area contributed by atoms with Crippen molar-refractivity contribution in [2.45, 2.75) is 38.0 Å². The van der Waals surface area contributed by atoms with Crippen LogP contribution >= 0.6 is 0 Å². The molecule has 0 aliphatic rings. The molecule has 0 aromatic heterocycles. The Hall–Kier alpha value is -1.47. The summed E-state index contributed by atoms with van der Waals surface area (Å²) in [5, 5.41) is 5.72. The molecule has 22 heavy (non-hydrogen) atoms. The Labute approximate surface area is 131 Å². The van der Waals surface area contributed by atoms with Crippen molar-refractivity contribution in [2.24, 2.45) is 0 Å². The van der Waals surface area contributed by atoms with Gasteiger partial charge in [0.1, 0.15) is 5.82 Å². The first-order valence-corrected chi connectivity index (χ1v) is 8.89. The van der Waals surface area contributed by atoms with Crippen LogP contribution in [0.3, 0.4) is 0 Å². The van der Waals surface area contributed by atoms with Crippen molar-refractivity contribution in [3.05, 3.63) is 30.1 Å². The highest BCUT2D eigenvalue weighted by Crippen LogP contribution is 2.14. The van der Waals surface area contributed by atoms with Crippen LogP contribution in [-0.4, -0.2) is 37.9 Å². The lowest BCUT2D eigenvalue weighted by Crippen LogP contribution is -2.45. The maximum Gasteiger partial charge on any atom is 0.225 e. The van der Waals surface area contributed by atoms with Gasteiger partial charge in [-0.25, -0.2) is 12.8 Å². The second-order valence-electron chi connectivity index (χ2n) is 6.07. The molecule has 2 N–H and O–H groups in total. The standard InChI is InChI=1S/C15H23FN2O3S/c1-11(17-10-15(2,3)22(4,20)21)9-14(19)18-13-7-5-12(16)6-8-13/h5-8,11,17H,9-10H2,1-4H3,(H,18,19)/t11-/m0/s1. The van der Waals surface area contributed by atoms with E-state index in [2.05, 4.69) is 10.6 Å². The van der Waals surface area contributed by atoms with Crippen molar-refractivity contribution >= 4 is 21.4 Å². The maximum absolute atomic E-state index is 12.8. The predicted molar refractivity (Wildman–Crippen MR) is 86.0 cm³/mol. The third kappa shape index (κ3) is 5.73. The summed E-state index contributed by atoms with van der Waals surface area (Å²) >= 11 is 0. The van der Waals surface area contributed by atoms with Crippen LogP contribution in [-0.2, 0) is 14.6 Å². The Morgan fingerprint density at radius 2 is 1.82 bits per heavy atom. The average Bonchev–Trinajstić information content (AvgIpc) is 2.38. The van der Waals surface area contributed by atoms with E-state index in [1.165, 1.54) is 30.5 Å². The number of hydrogen-bond donors (Lipinski definition) is 2. The Kier molecular flexibility index (Phi) is 6.08. The second kappa shape index (κ2) is 7.19. The summed E-state index contributed by atoms with van der Waals surface area (Å²) in [5.41, 5.74) is 0.523. The molecule has 0 radical (unpaired) electrons. The normalized spacial score (nSPS) is 13.7. The quantitative estimate of drug-likeness (QED) is 0.801. The monoisotopic (exact) mass is 330 g/mol. The summed E-state index contributed by atoms with van der Waals surface area (Å²) in [6.45, 7) is 5.35. The largest absolute Gasteiger partial charge is 0.326 e. The van der Waals surface area contributed by atoms with Gasteiger partial charge in [-0.2, -0.15) is 0 Å². The smallest absolute Gasteiger partial charge is 0.225 e. The Morgan fingerprint density at radius 3 is 2.32 bits per heavy atom. The number of anilines is 1. The molecule has 0 saturated carbocycles. The van der Waals surface area contributed by atoms with E-state index in [0.717, 1.165) is 0 Å². The van der Waals surface area contributed by atoms with Gasteiger partial charge in [-0.1, -0.05) is 0 Å². The van der Waals surface area contributed by atoms with Gasteiger partial charge in [0, 0.05) is 31.0 Å². The van der Waals surface area contributed by atoms with E-state index in [4.69, 9.17) is 0 Å². The molecule has 0 fully saturated rings. The predicted octanol–water partition coefficient (Wildman–Crippen LogP) is 1.96. The van der Waals surface area contributed by atoms with Crippen LogP contribution in [0.5, 0.6) is 0 Å². The summed E-state index contributed by atoms with van der Waals surface area (Å²) in [6, 6.07) is 5.33. The number of benzene rings is 1. The molecule has 5 nitrogen and oxygen atoms in total. The van der Waals surface area contributed by atoms with Gasteiger partial charge in [-0.3, -0.25) is 4.79 Å². The minimum absolute atomic E-state index is 0.179. The van der Waals surface area contributed by atoms with Crippen LogP contribution in [0.4, 0.5) is 10.1 Å². The van der Waals surface area contributed by atoms with E-state index in [9.17, 15) is 17.6 Å². The van der Waals surface area contributed by atoms with Gasteiger partial charge in [0.25, 0.3) is 0 Å². The molecule has 0 heterocycles. The Bertz CT molecular complexity index is 612.